The van der Waals surface area contributed by atoms with Crippen molar-refractivity contribution >= 4 is 17.3 Å². The summed E-state index contributed by atoms with van der Waals surface area (Å²) in [4.78, 5) is 16.3. The van der Waals surface area contributed by atoms with E-state index >= 15 is 0 Å². The summed E-state index contributed by atoms with van der Waals surface area (Å²) in [6.45, 7) is 4.72. The first-order valence-corrected chi connectivity index (χ1v) is 7.73. The maximum Gasteiger partial charge on any atom is 0.222 e. The highest BCUT2D eigenvalue weighted by Crippen LogP contribution is 2.33. The number of nitrogens with zero attached hydrogens (tertiary/aromatic N) is 2. The molecule has 0 aliphatic carbocycles. The second-order valence-electron chi connectivity index (χ2n) is 5.69. The Morgan fingerprint density at radius 2 is 2.05 bits per heavy atom. The Kier molecular flexibility index (Phi) is 4.29. The second kappa shape index (κ2) is 6.35. The number of anilines is 2. The summed E-state index contributed by atoms with van der Waals surface area (Å²) in [6, 6.07) is 6.11. The Morgan fingerprint density at radius 1 is 1.24 bits per heavy atom. The minimum absolute atomic E-state index is 0.249. The molecule has 1 fully saturated rings. The number of carbonyl (C=O) groups is 1. The molecule has 2 heterocycles. The van der Waals surface area contributed by atoms with Crippen molar-refractivity contribution in [3.63, 3.8) is 0 Å². The van der Waals surface area contributed by atoms with Crippen LogP contribution in [0, 0.1) is 0 Å². The molecule has 0 saturated carbocycles. The van der Waals surface area contributed by atoms with E-state index in [1.807, 2.05) is 17.0 Å². The lowest BCUT2D eigenvalue weighted by atomic mass is 10.1. The van der Waals surface area contributed by atoms with Crippen LogP contribution in [0.5, 0.6) is 0 Å². The molecule has 1 saturated heterocycles. The van der Waals surface area contributed by atoms with E-state index in [1.54, 1.807) is 0 Å². The fourth-order valence-corrected chi connectivity index (χ4v) is 3.18. The summed E-state index contributed by atoms with van der Waals surface area (Å²) < 4.78 is 5.27. The molecule has 0 aromatic heterocycles. The zero-order valence-electron chi connectivity index (χ0n) is 12.4. The number of nitrogen functional groups attached to an aromatic ring is 1. The van der Waals surface area contributed by atoms with Crippen LogP contribution in [0.3, 0.4) is 0 Å². The van der Waals surface area contributed by atoms with Gasteiger partial charge in [-0.15, -0.1) is 0 Å². The van der Waals surface area contributed by atoms with Crippen LogP contribution in [0.4, 0.5) is 11.4 Å². The SMILES string of the molecule is Nc1cccc2c1N(CCCC(=O)N1CCOCC1)CC2. The van der Waals surface area contributed by atoms with E-state index in [2.05, 4.69) is 11.0 Å². The topological polar surface area (TPSA) is 58.8 Å². The molecule has 3 rings (SSSR count). The molecule has 0 spiro atoms. The zero-order chi connectivity index (χ0) is 14.7. The van der Waals surface area contributed by atoms with E-state index in [0.29, 0.717) is 19.6 Å². The van der Waals surface area contributed by atoms with Crippen molar-refractivity contribution in [3.05, 3.63) is 23.8 Å². The largest absolute Gasteiger partial charge is 0.397 e. The maximum atomic E-state index is 12.1. The number of carbonyl (C=O) groups excluding carboxylic acids is 1. The van der Waals surface area contributed by atoms with Gasteiger partial charge >= 0.3 is 0 Å². The van der Waals surface area contributed by atoms with Crippen LogP contribution < -0.4 is 10.6 Å². The van der Waals surface area contributed by atoms with Gasteiger partial charge in [0.15, 0.2) is 0 Å². The number of para-hydroxylation sites is 1. The van der Waals surface area contributed by atoms with Gasteiger partial charge < -0.3 is 20.3 Å². The number of ether oxygens (including phenoxy) is 1. The van der Waals surface area contributed by atoms with Crippen LogP contribution in [0.2, 0.25) is 0 Å². The molecule has 5 nitrogen and oxygen atoms in total. The highest BCUT2D eigenvalue weighted by molar-refractivity contribution is 5.77. The predicted molar refractivity (Wildman–Crippen MR) is 83.4 cm³/mol. The van der Waals surface area contributed by atoms with Gasteiger partial charge in [-0.3, -0.25) is 4.79 Å². The highest BCUT2D eigenvalue weighted by atomic mass is 16.5. The van der Waals surface area contributed by atoms with Crippen LogP contribution >= 0.6 is 0 Å². The first kappa shape index (κ1) is 14.2. The number of nitrogens with two attached hydrogens (primary N) is 1. The van der Waals surface area contributed by atoms with Gasteiger partial charge in [0.2, 0.25) is 5.91 Å². The average Bonchev–Trinajstić information content (AvgIpc) is 2.93. The first-order valence-electron chi connectivity index (χ1n) is 7.73. The summed E-state index contributed by atoms with van der Waals surface area (Å²) in [5.41, 5.74) is 9.44. The van der Waals surface area contributed by atoms with Crippen molar-refractivity contribution in [2.75, 3.05) is 50.0 Å². The molecule has 114 valence electrons. The number of hydrogen-bond acceptors (Lipinski definition) is 4. The third-order valence-electron chi connectivity index (χ3n) is 4.30. The van der Waals surface area contributed by atoms with E-state index in [9.17, 15) is 4.79 Å². The molecule has 2 N–H and O–H groups in total. The van der Waals surface area contributed by atoms with E-state index in [0.717, 1.165) is 44.7 Å². The molecule has 0 atom stereocenters. The quantitative estimate of drug-likeness (QED) is 0.848. The van der Waals surface area contributed by atoms with Gasteiger partial charge in [0.05, 0.1) is 24.6 Å². The number of amides is 1. The zero-order valence-corrected chi connectivity index (χ0v) is 12.4. The summed E-state index contributed by atoms with van der Waals surface area (Å²) in [6.07, 6.45) is 2.54. The fraction of sp³-hybridized carbons (Fsp3) is 0.562. The summed E-state index contributed by atoms with van der Waals surface area (Å²) in [5.74, 6) is 0.249. The van der Waals surface area contributed by atoms with E-state index < -0.39 is 0 Å². The molecule has 0 unspecified atom stereocenters. The lowest BCUT2D eigenvalue weighted by Crippen LogP contribution is -2.40. The van der Waals surface area contributed by atoms with Gasteiger partial charge in [0.25, 0.3) is 0 Å². The van der Waals surface area contributed by atoms with Crippen molar-refractivity contribution in [2.24, 2.45) is 0 Å². The summed E-state index contributed by atoms with van der Waals surface area (Å²) in [7, 11) is 0. The molecular weight excluding hydrogens is 266 g/mol. The molecule has 5 heteroatoms. The molecule has 0 radical (unpaired) electrons. The third kappa shape index (κ3) is 3.13. The Hall–Kier alpha value is -1.75. The third-order valence-corrected chi connectivity index (χ3v) is 4.30. The maximum absolute atomic E-state index is 12.1. The highest BCUT2D eigenvalue weighted by Gasteiger charge is 2.22. The molecule has 2 aliphatic rings. The van der Waals surface area contributed by atoms with Gasteiger partial charge in [-0.2, -0.15) is 0 Å². The molecular formula is C16H23N3O2. The Labute approximate surface area is 125 Å². The van der Waals surface area contributed by atoms with E-state index in [4.69, 9.17) is 10.5 Å². The predicted octanol–water partition coefficient (Wildman–Crippen LogP) is 1.27. The van der Waals surface area contributed by atoms with Crippen LogP contribution in [0.15, 0.2) is 18.2 Å². The summed E-state index contributed by atoms with van der Waals surface area (Å²) in [5, 5.41) is 0. The lowest BCUT2D eigenvalue weighted by molar-refractivity contribution is -0.135. The monoisotopic (exact) mass is 289 g/mol. The van der Waals surface area contributed by atoms with Crippen molar-refractivity contribution in [1.82, 2.24) is 4.90 Å². The smallest absolute Gasteiger partial charge is 0.222 e. The Bertz CT molecular complexity index is 512. The van der Waals surface area contributed by atoms with E-state index in [-0.39, 0.29) is 5.91 Å². The number of fused-ring (bicyclic) bond motifs is 1. The Morgan fingerprint density at radius 3 is 2.86 bits per heavy atom. The van der Waals surface area contributed by atoms with E-state index in [1.165, 1.54) is 11.3 Å². The normalized spacial score (nSPS) is 17.9. The first-order chi connectivity index (χ1) is 10.3. The molecule has 2 aliphatic heterocycles. The van der Waals surface area contributed by atoms with Gasteiger partial charge in [-0.25, -0.2) is 0 Å². The van der Waals surface area contributed by atoms with Gasteiger partial charge in [0, 0.05) is 32.6 Å². The van der Waals surface area contributed by atoms with Crippen molar-refractivity contribution < 1.29 is 9.53 Å². The molecule has 21 heavy (non-hydrogen) atoms. The molecule has 1 aromatic rings. The molecule has 1 aromatic carbocycles. The van der Waals surface area contributed by atoms with Crippen molar-refractivity contribution in [1.29, 1.82) is 0 Å². The van der Waals surface area contributed by atoms with Crippen LogP contribution in [-0.2, 0) is 16.0 Å². The Balaban J connectivity index is 1.50. The fourth-order valence-electron chi connectivity index (χ4n) is 3.18. The van der Waals surface area contributed by atoms with Crippen LogP contribution in [0.25, 0.3) is 0 Å². The minimum Gasteiger partial charge on any atom is -0.397 e. The minimum atomic E-state index is 0.249. The average molecular weight is 289 g/mol. The molecule has 1 amide bonds. The second-order valence-corrected chi connectivity index (χ2v) is 5.69. The van der Waals surface area contributed by atoms with Crippen molar-refractivity contribution in [2.45, 2.75) is 19.3 Å². The van der Waals surface area contributed by atoms with Gasteiger partial charge in [-0.05, 0) is 24.5 Å². The standard InChI is InChI=1S/C16H23N3O2/c17-14-4-1-3-13-6-8-19(16(13)14)7-2-5-15(20)18-9-11-21-12-10-18/h1,3-4H,2,5-12,17H2. The lowest BCUT2D eigenvalue weighted by Gasteiger charge is -2.27. The van der Waals surface area contributed by atoms with Crippen molar-refractivity contribution in [3.8, 4) is 0 Å². The van der Waals surface area contributed by atoms with Crippen LogP contribution in [0.1, 0.15) is 18.4 Å². The molecule has 0 bridgehead atoms. The van der Waals surface area contributed by atoms with Gasteiger partial charge in [-0.1, -0.05) is 12.1 Å². The number of hydrogen-bond donors (Lipinski definition) is 1. The number of rotatable bonds is 4. The number of morpholine rings is 1. The number of benzene rings is 1. The van der Waals surface area contributed by atoms with Crippen LogP contribution in [-0.4, -0.2) is 50.2 Å². The summed E-state index contributed by atoms with van der Waals surface area (Å²) >= 11 is 0. The van der Waals surface area contributed by atoms with Gasteiger partial charge in [0.1, 0.15) is 0 Å².